The van der Waals surface area contributed by atoms with Gasteiger partial charge in [-0.3, -0.25) is 0 Å². The maximum atomic E-state index is 13.7. The SMILES string of the molecule is CN(C)c1ccc(C2(c3c(-c4ccccc4)[nH]c4ccccc34)OC(=O)c3c(Cl)c(Cl)c(Cl)c(Cl)c32)cc1. The quantitative estimate of drug-likeness (QED) is 0.131. The van der Waals surface area contributed by atoms with Gasteiger partial charge in [0, 0.05) is 47.4 Å². The molecule has 38 heavy (non-hydrogen) atoms. The number of H-pyrrole nitrogens is 1. The van der Waals surface area contributed by atoms with Crippen molar-refractivity contribution in [3.8, 4) is 11.3 Å². The third-order valence-corrected chi connectivity index (χ3v) is 8.78. The van der Waals surface area contributed by atoms with Crippen molar-refractivity contribution < 1.29 is 9.53 Å². The molecule has 1 aromatic heterocycles. The van der Waals surface area contributed by atoms with Gasteiger partial charge in [-0.1, -0.05) is 107 Å². The standard InChI is InChI=1S/C30H20Cl4N2O2/c1-36(2)18-14-12-17(13-15-18)30(23-21(29(37)38-30)24(31)26(33)27(34)25(23)32)22-19-10-6-7-11-20(19)35-28(22)16-8-4-3-5-9-16/h3-15,35H,1-2H3. The van der Waals surface area contributed by atoms with Crippen molar-refractivity contribution in [2.45, 2.75) is 5.60 Å². The lowest BCUT2D eigenvalue weighted by Gasteiger charge is -2.32. The second-order valence-corrected chi connectivity index (χ2v) is 10.8. The third-order valence-electron chi connectivity index (χ3n) is 6.98. The molecule has 4 nitrogen and oxygen atoms in total. The van der Waals surface area contributed by atoms with Crippen molar-refractivity contribution in [3.63, 3.8) is 0 Å². The van der Waals surface area contributed by atoms with Crippen molar-refractivity contribution >= 4 is 69.0 Å². The fourth-order valence-electron chi connectivity index (χ4n) is 5.24. The molecule has 1 unspecified atom stereocenters. The minimum Gasteiger partial charge on any atom is -0.440 e. The Morgan fingerprint density at radius 1 is 0.737 bits per heavy atom. The molecule has 190 valence electrons. The highest BCUT2D eigenvalue weighted by molar-refractivity contribution is 6.53. The molecule has 1 atom stereocenters. The Bertz CT molecular complexity index is 1730. The maximum Gasteiger partial charge on any atom is 0.341 e. The number of hydrogen-bond donors (Lipinski definition) is 1. The van der Waals surface area contributed by atoms with Gasteiger partial charge in [-0.05, 0) is 23.8 Å². The van der Waals surface area contributed by atoms with Gasteiger partial charge >= 0.3 is 5.97 Å². The molecule has 8 heteroatoms. The van der Waals surface area contributed by atoms with Crippen LogP contribution in [-0.2, 0) is 10.3 Å². The topological polar surface area (TPSA) is 45.3 Å². The summed E-state index contributed by atoms with van der Waals surface area (Å²) in [5.74, 6) is -0.633. The number of esters is 1. The Hall–Kier alpha value is -3.15. The molecule has 0 bridgehead atoms. The number of aromatic nitrogens is 1. The molecule has 6 rings (SSSR count). The molecule has 4 aromatic carbocycles. The average Bonchev–Trinajstić information content (AvgIpc) is 3.47. The normalized spacial score (nSPS) is 16.5. The van der Waals surface area contributed by atoms with Crippen molar-refractivity contribution in [1.29, 1.82) is 0 Å². The fourth-order valence-corrected chi connectivity index (χ4v) is 6.30. The summed E-state index contributed by atoms with van der Waals surface area (Å²) in [5.41, 5.74) is 3.95. The monoisotopic (exact) mass is 580 g/mol. The summed E-state index contributed by atoms with van der Waals surface area (Å²) >= 11 is 26.6. The number of fused-ring (bicyclic) bond motifs is 2. The van der Waals surface area contributed by atoms with Crippen LogP contribution in [0.2, 0.25) is 20.1 Å². The Labute approximate surface area is 239 Å². The first-order valence-corrected chi connectivity index (χ1v) is 13.3. The molecule has 0 saturated heterocycles. The molecule has 0 fully saturated rings. The summed E-state index contributed by atoms with van der Waals surface area (Å²) in [4.78, 5) is 19.2. The lowest BCUT2D eigenvalue weighted by atomic mass is 9.77. The minimum atomic E-state index is -1.48. The summed E-state index contributed by atoms with van der Waals surface area (Å²) in [7, 11) is 3.92. The number of halogens is 4. The molecule has 1 aliphatic rings. The lowest BCUT2D eigenvalue weighted by Crippen LogP contribution is -2.30. The molecular formula is C30H20Cl4N2O2. The van der Waals surface area contributed by atoms with E-state index in [2.05, 4.69) is 4.98 Å². The van der Waals surface area contributed by atoms with E-state index < -0.39 is 11.6 Å². The van der Waals surface area contributed by atoms with Crippen LogP contribution in [0.3, 0.4) is 0 Å². The maximum absolute atomic E-state index is 13.7. The highest BCUT2D eigenvalue weighted by Gasteiger charge is 2.54. The van der Waals surface area contributed by atoms with Gasteiger partial charge in [0.2, 0.25) is 0 Å². The van der Waals surface area contributed by atoms with Gasteiger partial charge in [0.1, 0.15) is 0 Å². The second kappa shape index (κ2) is 9.25. The highest BCUT2D eigenvalue weighted by atomic mass is 35.5. The summed E-state index contributed by atoms with van der Waals surface area (Å²) in [6.07, 6.45) is 0. The van der Waals surface area contributed by atoms with E-state index in [4.69, 9.17) is 51.1 Å². The smallest absolute Gasteiger partial charge is 0.341 e. The number of para-hydroxylation sites is 1. The van der Waals surface area contributed by atoms with Gasteiger partial charge in [-0.2, -0.15) is 0 Å². The summed E-state index contributed by atoms with van der Waals surface area (Å²) in [6, 6.07) is 25.5. The van der Waals surface area contributed by atoms with E-state index in [1.54, 1.807) is 0 Å². The number of cyclic esters (lactones) is 1. The predicted molar refractivity (Wildman–Crippen MR) is 156 cm³/mol. The zero-order valence-electron chi connectivity index (χ0n) is 20.3. The van der Waals surface area contributed by atoms with E-state index in [1.165, 1.54) is 0 Å². The van der Waals surface area contributed by atoms with Gasteiger partial charge in [-0.15, -0.1) is 0 Å². The zero-order chi connectivity index (χ0) is 26.8. The summed E-state index contributed by atoms with van der Waals surface area (Å²) < 4.78 is 6.43. The van der Waals surface area contributed by atoms with Gasteiger partial charge < -0.3 is 14.6 Å². The Balaban J connectivity index is 1.81. The highest BCUT2D eigenvalue weighted by Crippen LogP contribution is 2.58. The molecule has 0 saturated carbocycles. The molecule has 5 aromatic rings. The van der Waals surface area contributed by atoms with Gasteiger partial charge in [0.25, 0.3) is 0 Å². The number of carbonyl (C=O) groups is 1. The second-order valence-electron chi connectivity index (χ2n) is 9.30. The summed E-state index contributed by atoms with van der Waals surface area (Å²) in [6.45, 7) is 0. The molecule has 0 aliphatic carbocycles. The van der Waals surface area contributed by atoms with Crippen LogP contribution in [0.4, 0.5) is 5.69 Å². The minimum absolute atomic E-state index is 0.00829. The van der Waals surface area contributed by atoms with Crippen LogP contribution in [-0.4, -0.2) is 25.0 Å². The van der Waals surface area contributed by atoms with Crippen LogP contribution >= 0.6 is 46.4 Å². The molecule has 0 amide bonds. The molecule has 1 N–H and O–H groups in total. The van der Waals surface area contributed by atoms with Crippen molar-refractivity contribution in [3.05, 3.63) is 121 Å². The van der Waals surface area contributed by atoms with E-state index in [0.29, 0.717) is 11.1 Å². The third kappa shape index (κ3) is 3.55. The Morgan fingerprint density at radius 3 is 2.05 bits per heavy atom. The number of rotatable bonds is 4. The van der Waals surface area contributed by atoms with E-state index in [9.17, 15) is 4.79 Å². The predicted octanol–water partition coefficient (Wildman–Crippen LogP) is 8.98. The van der Waals surface area contributed by atoms with Crippen molar-refractivity contribution in [2.75, 3.05) is 19.0 Å². The average molecular weight is 582 g/mol. The van der Waals surface area contributed by atoms with E-state index in [0.717, 1.165) is 33.4 Å². The van der Waals surface area contributed by atoms with Gasteiger partial charge in [0.15, 0.2) is 5.60 Å². The van der Waals surface area contributed by atoms with E-state index in [1.807, 2.05) is 97.9 Å². The molecule has 0 spiro atoms. The molecule has 0 radical (unpaired) electrons. The number of benzene rings is 4. The lowest BCUT2D eigenvalue weighted by molar-refractivity contribution is 0.0258. The van der Waals surface area contributed by atoms with Gasteiger partial charge in [-0.25, -0.2) is 4.79 Å². The fraction of sp³-hybridized carbons (Fsp3) is 0.100. The van der Waals surface area contributed by atoms with Crippen LogP contribution in [0.25, 0.3) is 22.2 Å². The number of anilines is 1. The Morgan fingerprint density at radius 2 is 1.37 bits per heavy atom. The van der Waals surface area contributed by atoms with Crippen LogP contribution in [0.5, 0.6) is 0 Å². The van der Waals surface area contributed by atoms with E-state index >= 15 is 0 Å². The molecule has 1 aliphatic heterocycles. The van der Waals surface area contributed by atoms with Gasteiger partial charge in [0.05, 0.1) is 31.3 Å². The van der Waals surface area contributed by atoms with Crippen molar-refractivity contribution in [1.82, 2.24) is 4.98 Å². The van der Waals surface area contributed by atoms with Crippen molar-refractivity contribution in [2.24, 2.45) is 0 Å². The van der Waals surface area contributed by atoms with Crippen LogP contribution in [0.1, 0.15) is 27.0 Å². The number of carbonyl (C=O) groups excluding carboxylic acids is 1. The first kappa shape index (κ1) is 25.1. The van der Waals surface area contributed by atoms with Crippen LogP contribution in [0.15, 0.2) is 78.9 Å². The van der Waals surface area contributed by atoms with Crippen LogP contribution < -0.4 is 4.90 Å². The molecular weight excluding hydrogens is 562 g/mol. The number of nitrogens with one attached hydrogen (secondary N) is 1. The number of nitrogens with zero attached hydrogens (tertiary/aromatic N) is 1. The number of aromatic amines is 1. The number of hydrogen-bond acceptors (Lipinski definition) is 3. The Kier molecular flexibility index (Phi) is 6.12. The first-order valence-electron chi connectivity index (χ1n) is 11.8. The number of ether oxygens (including phenoxy) is 1. The van der Waals surface area contributed by atoms with E-state index in [-0.39, 0.29) is 25.7 Å². The summed E-state index contributed by atoms with van der Waals surface area (Å²) in [5, 5.41) is 1.06. The van der Waals surface area contributed by atoms with Crippen LogP contribution in [0, 0.1) is 0 Å². The molecule has 2 heterocycles. The largest absolute Gasteiger partial charge is 0.440 e. The zero-order valence-corrected chi connectivity index (χ0v) is 23.3. The first-order chi connectivity index (χ1) is 18.3.